The summed E-state index contributed by atoms with van der Waals surface area (Å²) in [5, 5.41) is 86.1. The molecular formula is C44H77NO13. The minimum atomic E-state index is -1.79. The minimum Gasteiger partial charge on any atom is -0.394 e. The quantitative estimate of drug-likeness (QED) is 0.0359. The average Bonchev–Trinajstić information content (AvgIpc) is 3.22. The van der Waals surface area contributed by atoms with Crippen LogP contribution in [0.1, 0.15) is 129 Å². The standard InChI is InChI=1S/C44H77NO13/c1-3-5-7-9-11-12-13-14-15-16-17-18-19-20-22-24-26-28-36(49)45-32(33(48)27-25-23-21-10-8-6-4-2)31-55-43-41(54)39(52)42(35(30-47)57-43)58-44-40(53)38(51)37(50)34(29-46)56-44/h8,10-12,14-15,25,27,32-35,37-44,46-48,50-54H,3-7,9,13,16-24,26,28-31H2,1-2H3,(H,45,49)/b10-8+,12-11-,15-14-,27-25+. The molecule has 12 atom stereocenters. The number of rotatable bonds is 31. The zero-order chi connectivity index (χ0) is 42.5. The lowest BCUT2D eigenvalue weighted by Crippen LogP contribution is -2.65. The summed E-state index contributed by atoms with van der Waals surface area (Å²) >= 11 is 0. The maximum absolute atomic E-state index is 13.0. The third kappa shape index (κ3) is 20.0. The number of amides is 1. The van der Waals surface area contributed by atoms with Gasteiger partial charge in [0.05, 0.1) is 32.0 Å². The van der Waals surface area contributed by atoms with Gasteiger partial charge in [-0.25, -0.2) is 0 Å². The Labute approximate surface area is 346 Å². The van der Waals surface area contributed by atoms with Gasteiger partial charge in [0, 0.05) is 6.42 Å². The molecule has 336 valence electrons. The first kappa shape index (κ1) is 52.1. The predicted molar refractivity (Wildman–Crippen MR) is 221 cm³/mol. The Morgan fingerprint density at radius 1 is 0.621 bits per heavy atom. The molecule has 0 spiro atoms. The number of carbonyl (C=O) groups excluding carboxylic acids is 1. The van der Waals surface area contributed by atoms with Crippen molar-refractivity contribution in [3.63, 3.8) is 0 Å². The van der Waals surface area contributed by atoms with E-state index < -0.39 is 86.8 Å². The summed E-state index contributed by atoms with van der Waals surface area (Å²) in [5.41, 5.74) is 0. The normalized spacial score (nSPS) is 29.3. The lowest BCUT2D eigenvalue weighted by Gasteiger charge is -2.46. The van der Waals surface area contributed by atoms with Gasteiger partial charge in [-0.1, -0.05) is 114 Å². The Balaban J connectivity index is 1.86. The molecule has 0 aromatic heterocycles. The molecule has 2 aliphatic rings. The van der Waals surface area contributed by atoms with E-state index >= 15 is 0 Å². The molecule has 0 aliphatic carbocycles. The molecule has 58 heavy (non-hydrogen) atoms. The maximum Gasteiger partial charge on any atom is 0.220 e. The van der Waals surface area contributed by atoms with Crippen LogP contribution in [0.25, 0.3) is 0 Å². The topological polar surface area (TPSA) is 228 Å². The third-order valence-corrected chi connectivity index (χ3v) is 10.5. The first-order valence-electron chi connectivity index (χ1n) is 21.9. The number of aliphatic hydroxyl groups excluding tert-OH is 8. The molecule has 14 heteroatoms. The van der Waals surface area contributed by atoms with E-state index in [9.17, 15) is 45.6 Å². The van der Waals surface area contributed by atoms with Gasteiger partial charge < -0.3 is 65.1 Å². The number of ether oxygens (including phenoxy) is 4. The van der Waals surface area contributed by atoms with Crippen molar-refractivity contribution < 1.29 is 64.6 Å². The largest absolute Gasteiger partial charge is 0.394 e. The smallest absolute Gasteiger partial charge is 0.220 e. The Morgan fingerprint density at radius 2 is 1.19 bits per heavy atom. The van der Waals surface area contributed by atoms with E-state index in [2.05, 4.69) is 55.6 Å². The summed E-state index contributed by atoms with van der Waals surface area (Å²) in [6.07, 6.45) is 17.7. The van der Waals surface area contributed by atoms with Gasteiger partial charge in [-0.2, -0.15) is 0 Å². The van der Waals surface area contributed by atoms with E-state index in [1.165, 1.54) is 38.5 Å². The fourth-order valence-electron chi connectivity index (χ4n) is 6.81. The van der Waals surface area contributed by atoms with Crippen LogP contribution in [0.4, 0.5) is 0 Å². The predicted octanol–water partition coefficient (Wildman–Crippen LogP) is 3.76. The van der Waals surface area contributed by atoms with Crippen molar-refractivity contribution in [1.29, 1.82) is 0 Å². The molecule has 0 bridgehead atoms. The highest BCUT2D eigenvalue weighted by Crippen LogP contribution is 2.29. The number of carbonyl (C=O) groups is 1. The van der Waals surface area contributed by atoms with Crippen molar-refractivity contribution in [2.45, 2.75) is 203 Å². The number of allylic oxidation sites excluding steroid dienone is 7. The molecule has 2 saturated heterocycles. The van der Waals surface area contributed by atoms with E-state index in [0.717, 1.165) is 57.8 Å². The van der Waals surface area contributed by atoms with Crippen LogP contribution in [0.3, 0.4) is 0 Å². The monoisotopic (exact) mass is 828 g/mol. The van der Waals surface area contributed by atoms with Crippen molar-refractivity contribution >= 4 is 5.91 Å². The van der Waals surface area contributed by atoms with Crippen LogP contribution in [0.2, 0.25) is 0 Å². The molecule has 9 N–H and O–H groups in total. The Kier molecular flexibility index (Phi) is 28.5. The van der Waals surface area contributed by atoms with Crippen LogP contribution in [-0.4, -0.2) is 140 Å². The fourth-order valence-corrected chi connectivity index (χ4v) is 6.81. The molecule has 0 radical (unpaired) electrons. The lowest BCUT2D eigenvalue weighted by atomic mass is 9.97. The van der Waals surface area contributed by atoms with Gasteiger partial charge in [-0.3, -0.25) is 4.79 Å². The number of aliphatic hydroxyl groups is 8. The third-order valence-electron chi connectivity index (χ3n) is 10.5. The van der Waals surface area contributed by atoms with E-state index in [1.807, 2.05) is 6.08 Å². The molecule has 0 aromatic rings. The van der Waals surface area contributed by atoms with Gasteiger partial charge in [0.1, 0.15) is 48.8 Å². The maximum atomic E-state index is 13.0. The van der Waals surface area contributed by atoms with Gasteiger partial charge >= 0.3 is 0 Å². The van der Waals surface area contributed by atoms with Crippen LogP contribution >= 0.6 is 0 Å². The van der Waals surface area contributed by atoms with Crippen molar-refractivity contribution in [3.8, 4) is 0 Å². The van der Waals surface area contributed by atoms with Crippen molar-refractivity contribution in [2.24, 2.45) is 0 Å². The lowest BCUT2D eigenvalue weighted by molar-refractivity contribution is -0.359. The molecule has 2 rings (SSSR count). The number of unbranched alkanes of at least 4 members (excludes halogenated alkanes) is 12. The highest BCUT2D eigenvalue weighted by molar-refractivity contribution is 5.76. The molecule has 2 fully saturated rings. The Bertz CT molecular complexity index is 1160. The summed E-state index contributed by atoms with van der Waals surface area (Å²) < 4.78 is 22.5. The molecule has 2 heterocycles. The Hall–Kier alpha value is -2.05. The molecule has 2 aliphatic heterocycles. The summed E-state index contributed by atoms with van der Waals surface area (Å²) in [7, 11) is 0. The molecular weight excluding hydrogens is 750 g/mol. The number of hydrogen-bond donors (Lipinski definition) is 9. The number of nitrogens with one attached hydrogen (secondary N) is 1. The van der Waals surface area contributed by atoms with Crippen molar-refractivity contribution in [3.05, 3.63) is 48.6 Å². The van der Waals surface area contributed by atoms with Gasteiger partial charge in [-0.05, 0) is 57.8 Å². The zero-order valence-corrected chi connectivity index (χ0v) is 35.0. The summed E-state index contributed by atoms with van der Waals surface area (Å²) in [4.78, 5) is 13.0. The zero-order valence-electron chi connectivity index (χ0n) is 35.0. The SMILES string of the molecule is CCC/C=C/CC/C=C/C(O)C(COC1OC(CO)C(OC2OC(CO)C(O)C(O)C2O)C(O)C1O)NC(=O)CCCCCCCCC/C=C\C/C=C\CCCCC. The van der Waals surface area contributed by atoms with Gasteiger partial charge in [0.2, 0.25) is 5.91 Å². The molecule has 12 unspecified atom stereocenters. The summed E-state index contributed by atoms with van der Waals surface area (Å²) in [6, 6.07) is -0.932. The van der Waals surface area contributed by atoms with E-state index in [4.69, 9.17) is 18.9 Å². The van der Waals surface area contributed by atoms with Crippen molar-refractivity contribution in [1.82, 2.24) is 5.32 Å². The summed E-state index contributed by atoms with van der Waals surface area (Å²) in [5.74, 6) is -0.266. The van der Waals surface area contributed by atoms with Gasteiger partial charge in [0.15, 0.2) is 12.6 Å². The second-order valence-electron chi connectivity index (χ2n) is 15.5. The first-order valence-corrected chi connectivity index (χ1v) is 21.9. The molecule has 1 amide bonds. The van der Waals surface area contributed by atoms with Crippen LogP contribution in [0.15, 0.2) is 48.6 Å². The summed E-state index contributed by atoms with van der Waals surface area (Å²) in [6.45, 7) is 2.58. The van der Waals surface area contributed by atoms with Crippen molar-refractivity contribution in [2.75, 3.05) is 19.8 Å². The molecule has 14 nitrogen and oxygen atoms in total. The number of hydrogen-bond acceptors (Lipinski definition) is 13. The fraction of sp³-hybridized carbons (Fsp3) is 0.795. The average molecular weight is 828 g/mol. The van der Waals surface area contributed by atoms with E-state index in [0.29, 0.717) is 12.8 Å². The highest BCUT2D eigenvalue weighted by atomic mass is 16.7. The van der Waals surface area contributed by atoms with Crippen LogP contribution in [0, 0.1) is 0 Å². The van der Waals surface area contributed by atoms with Crippen LogP contribution in [-0.2, 0) is 23.7 Å². The van der Waals surface area contributed by atoms with E-state index in [-0.39, 0.29) is 18.9 Å². The molecule has 0 saturated carbocycles. The first-order chi connectivity index (χ1) is 28.1. The Morgan fingerprint density at radius 3 is 1.84 bits per heavy atom. The van der Waals surface area contributed by atoms with Crippen LogP contribution in [0.5, 0.6) is 0 Å². The second kappa shape index (κ2) is 31.8. The van der Waals surface area contributed by atoms with E-state index in [1.54, 1.807) is 6.08 Å². The van der Waals surface area contributed by atoms with Gasteiger partial charge in [0.25, 0.3) is 0 Å². The van der Waals surface area contributed by atoms with Crippen LogP contribution < -0.4 is 5.32 Å². The highest BCUT2D eigenvalue weighted by Gasteiger charge is 2.50. The molecule has 0 aromatic carbocycles. The van der Waals surface area contributed by atoms with Gasteiger partial charge in [-0.15, -0.1) is 0 Å². The minimum absolute atomic E-state index is 0.262. The second-order valence-corrected chi connectivity index (χ2v) is 15.5.